The first-order valence-corrected chi connectivity index (χ1v) is 4.31. The second-order valence-corrected chi connectivity index (χ2v) is 3.04. The highest BCUT2D eigenvalue weighted by atomic mass is 16.5. The zero-order valence-corrected chi connectivity index (χ0v) is 8.17. The number of phenols is 1. The molecule has 0 amide bonds. The maximum Gasteiger partial charge on any atom is 0.306 e. The normalized spacial score (nSPS) is 12.1. The third-order valence-electron chi connectivity index (χ3n) is 1.96. The van der Waals surface area contributed by atoms with Gasteiger partial charge in [-0.25, -0.2) is 0 Å². The van der Waals surface area contributed by atoms with Crippen molar-refractivity contribution < 1.29 is 24.9 Å². The van der Waals surface area contributed by atoms with E-state index < -0.39 is 18.5 Å². The van der Waals surface area contributed by atoms with Crippen LogP contribution in [0.4, 0.5) is 0 Å². The fourth-order valence-electron chi connectivity index (χ4n) is 1.20. The lowest BCUT2D eigenvalue weighted by molar-refractivity contribution is -0.139. The van der Waals surface area contributed by atoms with Crippen LogP contribution in [0.5, 0.6) is 11.5 Å². The molecule has 0 radical (unpaired) electrons. The lowest BCUT2D eigenvalue weighted by atomic mass is 10.1. The van der Waals surface area contributed by atoms with E-state index >= 15 is 0 Å². The molecule has 1 aromatic rings. The molecule has 0 aliphatic carbocycles. The van der Waals surface area contributed by atoms with E-state index in [1.807, 2.05) is 0 Å². The largest absolute Gasteiger partial charge is 0.504 e. The number of aliphatic hydroxyl groups excluding tert-OH is 1. The van der Waals surface area contributed by atoms with Gasteiger partial charge in [0.25, 0.3) is 0 Å². The molecular weight excluding hydrogens is 200 g/mol. The minimum atomic E-state index is -1.13. The van der Waals surface area contributed by atoms with Crippen LogP contribution in [0.3, 0.4) is 0 Å². The number of phenolic OH excluding ortho intramolecular Hbond substituents is 1. The number of carboxylic acid groups (broad SMARTS) is 1. The summed E-state index contributed by atoms with van der Waals surface area (Å²) < 4.78 is 4.81. The van der Waals surface area contributed by atoms with Gasteiger partial charge < -0.3 is 20.1 Å². The van der Waals surface area contributed by atoms with Crippen LogP contribution in [0.2, 0.25) is 0 Å². The highest BCUT2D eigenvalue weighted by molar-refractivity contribution is 5.67. The smallest absolute Gasteiger partial charge is 0.306 e. The first kappa shape index (κ1) is 11.3. The number of benzene rings is 1. The molecule has 0 saturated heterocycles. The molecule has 0 aromatic heterocycles. The Labute approximate surface area is 86.5 Å². The van der Waals surface area contributed by atoms with Crippen LogP contribution in [0.25, 0.3) is 0 Å². The van der Waals surface area contributed by atoms with E-state index in [-0.39, 0.29) is 11.5 Å². The van der Waals surface area contributed by atoms with Crippen molar-refractivity contribution >= 4 is 5.97 Å². The Bertz CT molecular complexity index is 361. The molecule has 0 unspecified atom stereocenters. The zero-order chi connectivity index (χ0) is 11.4. The van der Waals surface area contributed by atoms with Crippen molar-refractivity contribution in [3.05, 3.63) is 23.8 Å². The van der Waals surface area contributed by atoms with Crippen molar-refractivity contribution in [3.63, 3.8) is 0 Å². The van der Waals surface area contributed by atoms with E-state index in [1.165, 1.54) is 25.3 Å². The van der Waals surface area contributed by atoms with E-state index in [0.29, 0.717) is 5.56 Å². The Morgan fingerprint density at radius 3 is 2.67 bits per heavy atom. The van der Waals surface area contributed by atoms with E-state index in [9.17, 15) is 15.0 Å². The van der Waals surface area contributed by atoms with E-state index in [2.05, 4.69) is 0 Å². The van der Waals surface area contributed by atoms with Crippen molar-refractivity contribution in [2.75, 3.05) is 7.11 Å². The fourth-order valence-corrected chi connectivity index (χ4v) is 1.20. The SMILES string of the molecule is COc1ccc([C@@H](O)CC(=O)O)cc1O. The average Bonchev–Trinajstić information content (AvgIpc) is 2.16. The number of carbonyl (C=O) groups is 1. The molecule has 0 fully saturated rings. The number of rotatable bonds is 4. The van der Waals surface area contributed by atoms with Crippen LogP contribution in [0.15, 0.2) is 18.2 Å². The minimum absolute atomic E-state index is 0.126. The molecule has 3 N–H and O–H groups in total. The predicted molar refractivity (Wildman–Crippen MR) is 51.9 cm³/mol. The van der Waals surface area contributed by atoms with Gasteiger partial charge in [-0.15, -0.1) is 0 Å². The molecule has 0 saturated carbocycles. The third-order valence-corrected chi connectivity index (χ3v) is 1.96. The molecular formula is C10H12O5. The van der Waals surface area contributed by atoms with Gasteiger partial charge in [0.2, 0.25) is 0 Å². The molecule has 82 valence electrons. The summed E-state index contributed by atoms with van der Waals surface area (Å²) in [5.41, 5.74) is 0.343. The van der Waals surface area contributed by atoms with E-state index in [1.54, 1.807) is 0 Å². The zero-order valence-electron chi connectivity index (χ0n) is 8.17. The number of hydrogen-bond donors (Lipinski definition) is 3. The summed E-state index contributed by atoms with van der Waals surface area (Å²) in [7, 11) is 1.41. The second kappa shape index (κ2) is 4.65. The van der Waals surface area contributed by atoms with Crippen LogP contribution < -0.4 is 4.74 Å². The van der Waals surface area contributed by atoms with Gasteiger partial charge in [-0.1, -0.05) is 6.07 Å². The molecule has 15 heavy (non-hydrogen) atoms. The van der Waals surface area contributed by atoms with Gasteiger partial charge in [0.1, 0.15) is 0 Å². The van der Waals surface area contributed by atoms with Gasteiger partial charge in [0.05, 0.1) is 19.6 Å². The van der Waals surface area contributed by atoms with Gasteiger partial charge in [-0.2, -0.15) is 0 Å². The lowest BCUT2D eigenvalue weighted by Crippen LogP contribution is -2.05. The molecule has 1 atom stereocenters. The predicted octanol–water partition coefficient (Wildman–Crippen LogP) is 0.909. The Balaban J connectivity index is 2.87. The topological polar surface area (TPSA) is 87.0 Å². The highest BCUT2D eigenvalue weighted by Crippen LogP contribution is 2.29. The summed E-state index contributed by atoms with van der Waals surface area (Å²) in [5, 5.41) is 27.3. The Morgan fingerprint density at radius 2 is 2.20 bits per heavy atom. The number of methoxy groups -OCH3 is 1. The number of aliphatic carboxylic acids is 1. The summed E-state index contributed by atoms with van der Waals surface area (Å²) >= 11 is 0. The van der Waals surface area contributed by atoms with Crippen LogP contribution in [0.1, 0.15) is 18.1 Å². The van der Waals surface area contributed by atoms with E-state index in [0.717, 1.165) is 0 Å². The first-order chi connectivity index (χ1) is 7.04. The Kier molecular flexibility index (Phi) is 3.51. The number of hydrogen-bond acceptors (Lipinski definition) is 4. The number of aromatic hydroxyl groups is 1. The molecule has 1 aromatic carbocycles. The molecule has 0 aliphatic rings. The molecule has 0 spiro atoms. The van der Waals surface area contributed by atoms with E-state index in [4.69, 9.17) is 9.84 Å². The third kappa shape index (κ3) is 2.85. The summed E-state index contributed by atoms with van der Waals surface area (Å²) in [6.45, 7) is 0. The van der Waals surface area contributed by atoms with Crippen molar-refractivity contribution in [2.24, 2.45) is 0 Å². The lowest BCUT2D eigenvalue weighted by Gasteiger charge is -2.10. The first-order valence-electron chi connectivity index (χ1n) is 4.31. The maximum atomic E-state index is 10.3. The molecule has 0 heterocycles. The second-order valence-electron chi connectivity index (χ2n) is 3.04. The molecule has 1 rings (SSSR count). The summed E-state index contributed by atoms with van der Waals surface area (Å²) in [6.07, 6.45) is -1.52. The maximum absolute atomic E-state index is 10.3. The van der Waals surface area contributed by atoms with Gasteiger partial charge in [-0.05, 0) is 17.7 Å². The summed E-state index contributed by atoms with van der Waals surface area (Å²) in [6, 6.07) is 4.26. The highest BCUT2D eigenvalue weighted by Gasteiger charge is 2.13. The number of carboxylic acids is 1. The van der Waals surface area contributed by atoms with Crippen LogP contribution in [-0.2, 0) is 4.79 Å². The van der Waals surface area contributed by atoms with Crippen LogP contribution in [0, 0.1) is 0 Å². The minimum Gasteiger partial charge on any atom is -0.504 e. The fraction of sp³-hybridized carbons (Fsp3) is 0.300. The van der Waals surface area contributed by atoms with Crippen molar-refractivity contribution in [1.82, 2.24) is 0 Å². The van der Waals surface area contributed by atoms with Gasteiger partial charge >= 0.3 is 5.97 Å². The monoisotopic (exact) mass is 212 g/mol. The average molecular weight is 212 g/mol. The Hall–Kier alpha value is -1.75. The molecule has 5 nitrogen and oxygen atoms in total. The quantitative estimate of drug-likeness (QED) is 0.690. The van der Waals surface area contributed by atoms with Crippen LogP contribution in [-0.4, -0.2) is 28.4 Å². The van der Waals surface area contributed by atoms with Gasteiger partial charge in [0.15, 0.2) is 11.5 Å². The number of ether oxygens (including phenoxy) is 1. The standard InChI is InChI=1S/C10H12O5/c1-15-9-3-2-6(4-8(9)12)7(11)5-10(13)14/h2-4,7,11-12H,5H2,1H3,(H,13,14)/t7-/m0/s1. The van der Waals surface area contributed by atoms with Crippen LogP contribution >= 0.6 is 0 Å². The summed E-state index contributed by atoms with van der Waals surface area (Å²) in [4.78, 5) is 10.3. The molecule has 5 heteroatoms. The van der Waals surface area contributed by atoms with Gasteiger partial charge in [0, 0.05) is 0 Å². The molecule has 0 aliphatic heterocycles. The van der Waals surface area contributed by atoms with Crippen molar-refractivity contribution in [3.8, 4) is 11.5 Å². The van der Waals surface area contributed by atoms with Crippen molar-refractivity contribution in [2.45, 2.75) is 12.5 Å². The van der Waals surface area contributed by atoms with Gasteiger partial charge in [-0.3, -0.25) is 4.79 Å². The molecule has 0 bridgehead atoms. The van der Waals surface area contributed by atoms with Crippen molar-refractivity contribution in [1.29, 1.82) is 0 Å². The number of aliphatic hydroxyl groups is 1. The Morgan fingerprint density at radius 1 is 1.53 bits per heavy atom. The summed E-state index contributed by atoms with van der Waals surface area (Å²) in [5.74, 6) is -0.946.